The summed E-state index contributed by atoms with van der Waals surface area (Å²) in [6.07, 6.45) is 2.69. The minimum absolute atomic E-state index is 0.0843. The molecule has 0 aliphatic carbocycles. The van der Waals surface area contributed by atoms with Crippen LogP contribution < -0.4 is 5.32 Å². The van der Waals surface area contributed by atoms with Crippen LogP contribution in [0.3, 0.4) is 0 Å². The number of nitrogens with zero attached hydrogens (tertiary/aromatic N) is 2. The molecule has 0 atom stereocenters. The van der Waals surface area contributed by atoms with Gasteiger partial charge in [0, 0.05) is 30.6 Å². The molecule has 1 amide bonds. The topological polar surface area (TPSA) is 79.4 Å². The second-order valence-electron chi connectivity index (χ2n) is 8.64. The Morgan fingerprint density at radius 3 is 2.28 bits per heavy atom. The van der Waals surface area contributed by atoms with Gasteiger partial charge in [-0.1, -0.05) is 24.3 Å². The molecule has 2 aromatic carbocycles. The Hall–Kier alpha value is -2.77. The van der Waals surface area contributed by atoms with E-state index in [9.17, 15) is 13.2 Å². The number of piperidine rings is 1. The lowest BCUT2D eigenvalue weighted by Gasteiger charge is -2.32. The van der Waals surface area contributed by atoms with Gasteiger partial charge in [0.05, 0.1) is 16.1 Å². The smallest absolute Gasteiger partial charge is 0.243 e. The first-order chi connectivity index (χ1) is 15.2. The van der Waals surface area contributed by atoms with Crippen LogP contribution in [0.15, 0.2) is 47.5 Å². The molecule has 2 heterocycles. The first-order valence-corrected chi connectivity index (χ1v) is 12.4. The highest BCUT2D eigenvalue weighted by Crippen LogP contribution is 2.31. The van der Waals surface area contributed by atoms with Gasteiger partial charge in [-0.05, 0) is 74.9 Å². The summed E-state index contributed by atoms with van der Waals surface area (Å²) >= 11 is 0. The van der Waals surface area contributed by atoms with Crippen LogP contribution >= 0.6 is 0 Å². The number of rotatable bonds is 4. The Balaban J connectivity index is 1.49. The molecule has 1 aliphatic heterocycles. The number of carbonyl (C=O) groups is 1. The first kappa shape index (κ1) is 22.4. The summed E-state index contributed by atoms with van der Waals surface area (Å²) in [4.78, 5) is 17.7. The zero-order valence-electron chi connectivity index (χ0n) is 19.0. The number of fused-ring (bicyclic) bond motifs is 1. The third-order valence-electron chi connectivity index (χ3n) is 6.61. The van der Waals surface area contributed by atoms with Gasteiger partial charge in [-0.2, -0.15) is 4.31 Å². The molecule has 0 radical (unpaired) electrons. The van der Waals surface area contributed by atoms with E-state index in [4.69, 9.17) is 0 Å². The molecule has 0 unspecified atom stereocenters. The van der Waals surface area contributed by atoms with Crippen LogP contribution in [0.1, 0.15) is 35.1 Å². The van der Waals surface area contributed by atoms with Crippen molar-refractivity contribution in [1.29, 1.82) is 0 Å². The molecular weight excluding hydrogens is 422 g/mol. The molecule has 0 spiro atoms. The summed E-state index contributed by atoms with van der Waals surface area (Å²) in [5, 5.41) is 3.97. The largest absolute Gasteiger partial charge is 0.324 e. The Labute approximate surface area is 189 Å². The summed E-state index contributed by atoms with van der Waals surface area (Å²) in [5.41, 5.74) is 5.00. The number of nitrogens with one attached hydrogen (secondary N) is 1. The fourth-order valence-electron chi connectivity index (χ4n) is 4.49. The SMILES string of the molecule is Cc1cc(C)c(C)c(S(=O)(=O)N2CCC(C(=O)Nc3cccc4cccnc34)CC2)c1C. The highest BCUT2D eigenvalue weighted by atomic mass is 32.2. The van der Waals surface area contributed by atoms with Crippen LogP contribution in [0.4, 0.5) is 5.69 Å². The molecule has 1 aromatic heterocycles. The van der Waals surface area contributed by atoms with Crippen molar-refractivity contribution in [1.82, 2.24) is 9.29 Å². The monoisotopic (exact) mass is 451 g/mol. The van der Waals surface area contributed by atoms with Crippen molar-refractivity contribution in [3.63, 3.8) is 0 Å². The number of amides is 1. The Bertz CT molecular complexity index is 1260. The number of aromatic nitrogens is 1. The molecule has 1 N–H and O–H groups in total. The lowest BCUT2D eigenvalue weighted by atomic mass is 9.97. The molecule has 6 nitrogen and oxygen atoms in total. The number of hydrogen-bond donors (Lipinski definition) is 1. The highest BCUT2D eigenvalue weighted by molar-refractivity contribution is 7.89. The summed E-state index contributed by atoms with van der Waals surface area (Å²) < 4.78 is 28.5. The number of para-hydroxylation sites is 1. The van der Waals surface area contributed by atoms with Crippen molar-refractivity contribution >= 4 is 32.5 Å². The minimum atomic E-state index is -3.61. The lowest BCUT2D eigenvalue weighted by molar-refractivity contribution is -0.120. The molecule has 32 heavy (non-hydrogen) atoms. The number of anilines is 1. The van der Waals surface area contributed by atoms with Crippen LogP contribution in [0.2, 0.25) is 0 Å². The number of sulfonamides is 1. The molecule has 7 heteroatoms. The zero-order valence-corrected chi connectivity index (χ0v) is 19.8. The van der Waals surface area contributed by atoms with E-state index < -0.39 is 10.0 Å². The van der Waals surface area contributed by atoms with Crippen LogP contribution in [-0.4, -0.2) is 36.7 Å². The maximum atomic E-state index is 13.5. The van der Waals surface area contributed by atoms with Gasteiger partial charge in [0.15, 0.2) is 0 Å². The molecule has 4 rings (SSSR count). The van der Waals surface area contributed by atoms with E-state index in [1.165, 1.54) is 4.31 Å². The van der Waals surface area contributed by atoms with Gasteiger partial charge < -0.3 is 5.32 Å². The molecule has 168 valence electrons. The van der Waals surface area contributed by atoms with Gasteiger partial charge in [-0.25, -0.2) is 8.42 Å². The summed E-state index contributed by atoms with van der Waals surface area (Å²) in [5.74, 6) is -0.319. The molecule has 1 fully saturated rings. The van der Waals surface area contributed by atoms with E-state index in [-0.39, 0.29) is 11.8 Å². The number of carbonyl (C=O) groups excluding carboxylic acids is 1. The average Bonchev–Trinajstić information content (AvgIpc) is 2.78. The Morgan fingerprint density at radius 1 is 1.00 bits per heavy atom. The fourth-order valence-corrected chi connectivity index (χ4v) is 6.54. The van der Waals surface area contributed by atoms with Crippen molar-refractivity contribution in [3.05, 3.63) is 64.8 Å². The van der Waals surface area contributed by atoms with Crippen LogP contribution in [0, 0.1) is 33.6 Å². The van der Waals surface area contributed by atoms with E-state index >= 15 is 0 Å². The van der Waals surface area contributed by atoms with E-state index in [0.29, 0.717) is 36.5 Å². The van der Waals surface area contributed by atoms with Gasteiger partial charge in [0.1, 0.15) is 0 Å². The normalized spacial score (nSPS) is 15.8. The Morgan fingerprint density at radius 2 is 1.62 bits per heavy atom. The van der Waals surface area contributed by atoms with Crippen molar-refractivity contribution in [2.75, 3.05) is 18.4 Å². The maximum Gasteiger partial charge on any atom is 0.243 e. The first-order valence-electron chi connectivity index (χ1n) is 10.9. The van der Waals surface area contributed by atoms with Gasteiger partial charge in [0.25, 0.3) is 0 Å². The fraction of sp³-hybridized carbons (Fsp3) is 0.360. The second-order valence-corrected chi connectivity index (χ2v) is 10.5. The van der Waals surface area contributed by atoms with Crippen molar-refractivity contribution in [2.45, 2.75) is 45.4 Å². The van der Waals surface area contributed by atoms with Crippen molar-refractivity contribution < 1.29 is 13.2 Å². The van der Waals surface area contributed by atoms with Gasteiger partial charge in [-0.3, -0.25) is 9.78 Å². The number of benzene rings is 2. The number of aryl methyl sites for hydroxylation is 2. The summed E-state index contributed by atoms with van der Waals surface area (Å²) in [6, 6.07) is 11.5. The quantitative estimate of drug-likeness (QED) is 0.633. The van der Waals surface area contributed by atoms with Crippen LogP contribution in [-0.2, 0) is 14.8 Å². The molecule has 1 aliphatic rings. The van der Waals surface area contributed by atoms with Crippen LogP contribution in [0.25, 0.3) is 10.9 Å². The third kappa shape index (κ3) is 4.02. The summed E-state index contributed by atoms with van der Waals surface area (Å²) in [6.45, 7) is 8.29. The molecular formula is C25H29N3O3S. The second kappa shape index (κ2) is 8.64. The van der Waals surface area contributed by atoms with E-state index in [1.807, 2.05) is 64.1 Å². The van der Waals surface area contributed by atoms with Gasteiger partial charge in [0.2, 0.25) is 15.9 Å². The zero-order chi connectivity index (χ0) is 23.0. The predicted molar refractivity (Wildman–Crippen MR) is 127 cm³/mol. The average molecular weight is 452 g/mol. The van der Waals surface area contributed by atoms with Gasteiger partial charge in [-0.15, -0.1) is 0 Å². The Kier molecular flexibility index (Phi) is 6.05. The number of pyridine rings is 1. The highest BCUT2D eigenvalue weighted by Gasteiger charge is 2.34. The van der Waals surface area contributed by atoms with E-state index in [2.05, 4.69) is 10.3 Å². The van der Waals surface area contributed by atoms with Crippen LogP contribution in [0.5, 0.6) is 0 Å². The van der Waals surface area contributed by atoms with E-state index in [0.717, 1.165) is 33.2 Å². The van der Waals surface area contributed by atoms with Gasteiger partial charge >= 0.3 is 0 Å². The standard InChI is InChI=1S/C25H29N3O3S/c1-16-15-17(2)19(4)24(18(16)3)32(30,31)28-13-10-21(11-14-28)25(29)27-22-9-5-7-20-8-6-12-26-23(20)22/h5-9,12,15,21H,10-11,13-14H2,1-4H3,(H,27,29). The van der Waals surface area contributed by atoms with Crippen molar-refractivity contribution in [3.8, 4) is 0 Å². The predicted octanol–water partition coefficient (Wildman–Crippen LogP) is 4.51. The lowest BCUT2D eigenvalue weighted by Crippen LogP contribution is -2.41. The maximum absolute atomic E-state index is 13.5. The van der Waals surface area contributed by atoms with E-state index in [1.54, 1.807) is 6.20 Å². The minimum Gasteiger partial charge on any atom is -0.324 e. The third-order valence-corrected chi connectivity index (χ3v) is 8.78. The molecule has 1 saturated heterocycles. The molecule has 0 saturated carbocycles. The number of hydrogen-bond acceptors (Lipinski definition) is 4. The molecule has 0 bridgehead atoms. The molecule has 3 aromatic rings. The van der Waals surface area contributed by atoms with Crippen molar-refractivity contribution in [2.24, 2.45) is 5.92 Å². The summed E-state index contributed by atoms with van der Waals surface area (Å²) in [7, 11) is -3.61.